The number of esters is 1. The Hall–Kier alpha value is -2.89. The van der Waals surface area contributed by atoms with Gasteiger partial charge in [0.15, 0.2) is 5.65 Å². The molecule has 0 amide bonds. The highest BCUT2D eigenvalue weighted by atomic mass is 16.5. The monoisotopic (exact) mass is 352 g/mol. The van der Waals surface area contributed by atoms with Crippen LogP contribution in [0, 0.1) is 0 Å². The molecule has 136 valence electrons. The Labute approximate surface area is 153 Å². The standard InChI is InChI=1S/C20H24N4O2/c1-5-26-20(25)15-12-22-19-17(23-18(13(2)3)24(19)4)16(15)21-11-14-9-7-6-8-10-14/h6-10,12-13H,5,11H2,1-4H3,(H,21,22). The smallest absolute Gasteiger partial charge is 0.341 e. The van der Waals surface area contributed by atoms with Gasteiger partial charge in [0.1, 0.15) is 16.9 Å². The van der Waals surface area contributed by atoms with Gasteiger partial charge in [-0.15, -0.1) is 0 Å². The maximum Gasteiger partial charge on any atom is 0.341 e. The van der Waals surface area contributed by atoms with Crippen LogP contribution >= 0.6 is 0 Å². The summed E-state index contributed by atoms with van der Waals surface area (Å²) in [5.41, 5.74) is 3.63. The Morgan fingerprint density at radius 1 is 1.27 bits per heavy atom. The van der Waals surface area contributed by atoms with E-state index in [1.54, 1.807) is 13.1 Å². The van der Waals surface area contributed by atoms with E-state index < -0.39 is 5.97 Å². The lowest BCUT2D eigenvalue weighted by atomic mass is 10.2. The molecule has 26 heavy (non-hydrogen) atoms. The van der Waals surface area contributed by atoms with Crippen LogP contribution in [-0.4, -0.2) is 27.1 Å². The highest BCUT2D eigenvalue weighted by Gasteiger charge is 2.21. The lowest BCUT2D eigenvalue weighted by Gasteiger charge is -2.12. The second-order valence-electron chi connectivity index (χ2n) is 6.46. The van der Waals surface area contributed by atoms with Crippen molar-refractivity contribution >= 4 is 22.8 Å². The van der Waals surface area contributed by atoms with Gasteiger partial charge >= 0.3 is 5.97 Å². The maximum absolute atomic E-state index is 12.4. The summed E-state index contributed by atoms with van der Waals surface area (Å²) in [5.74, 6) is 0.785. The van der Waals surface area contributed by atoms with Crippen LogP contribution in [0.25, 0.3) is 11.2 Å². The summed E-state index contributed by atoms with van der Waals surface area (Å²) in [4.78, 5) is 21.6. The van der Waals surface area contributed by atoms with E-state index in [2.05, 4.69) is 24.1 Å². The number of rotatable bonds is 6. The first-order chi connectivity index (χ1) is 12.5. The van der Waals surface area contributed by atoms with E-state index in [1.807, 2.05) is 41.9 Å². The van der Waals surface area contributed by atoms with Crippen LogP contribution in [0.1, 0.15) is 48.4 Å². The van der Waals surface area contributed by atoms with Gasteiger partial charge in [0.05, 0.1) is 12.3 Å². The van der Waals surface area contributed by atoms with Gasteiger partial charge in [0.2, 0.25) is 0 Å². The zero-order valence-electron chi connectivity index (χ0n) is 15.6. The number of carbonyl (C=O) groups excluding carboxylic acids is 1. The fourth-order valence-electron chi connectivity index (χ4n) is 2.99. The molecule has 0 fully saturated rings. The third-order valence-electron chi connectivity index (χ3n) is 4.25. The van der Waals surface area contributed by atoms with Crippen LogP contribution in [0.5, 0.6) is 0 Å². The van der Waals surface area contributed by atoms with Crippen molar-refractivity contribution in [2.75, 3.05) is 11.9 Å². The number of hydrogen-bond donors (Lipinski definition) is 1. The molecule has 0 unspecified atom stereocenters. The number of pyridine rings is 1. The molecule has 3 rings (SSSR count). The number of aryl methyl sites for hydroxylation is 1. The first kappa shape index (κ1) is 17.9. The Morgan fingerprint density at radius 3 is 2.65 bits per heavy atom. The quantitative estimate of drug-likeness (QED) is 0.682. The molecule has 2 heterocycles. The lowest BCUT2D eigenvalue weighted by Crippen LogP contribution is -2.11. The van der Waals surface area contributed by atoms with Gasteiger partial charge in [-0.3, -0.25) is 0 Å². The van der Waals surface area contributed by atoms with Gasteiger partial charge in [-0.1, -0.05) is 44.2 Å². The number of imidazole rings is 1. The van der Waals surface area contributed by atoms with E-state index in [4.69, 9.17) is 9.72 Å². The van der Waals surface area contributed by atoms with E-state index in [0.717, 1.165) is 17.0 Å². The average molecular weight is 352 g/mol. The van der Waals surface area contributed by atoms with Crippen LogP contribution in [0.15, 0.2) is 36.5 Å². The van der Waals surface area contributed by atoms with Gasteiger partial charge in [0.25, 0.3) is 0 Å². The molecule has 6 heteroatoms. The number of carbonyl (C=O) groups is 1. The number of anilines is 1. The zero-order chi connectivity index (χ0) is 18.7. The molecule has 6 nitrogen and oxygen atoms in total. The molecule has 0 atom stereocenters. The third-order valence-corrected chi connectivity index (χ3v) is 4.25. The van der Waals surface area contributed by atoms with Gasteiger partial charge < -0.3 is 14.6 Å². The predicted octanol–water partition coefficient (Wildman–Crippen LogP) is 3.88. The van der Waals surface area contributed by atoms with Crippen molar-refractivity contribution in [1.82, 2.24) is 14.5 Å². The summed E-state index contributed by atoms with van der Waals surface area (Å²) in [5, 5.41) is 3.37. The number of aromatic nitrogens is 3. The van der Waals surface area contributed by atoms with Crippen LogP contribution in [0.3, 0.4) is 0 Å². The molecule has 1 N–H and O–H groups in total. The first-order valence-corrected chi connectivity index (χ1v) is 8.83. The van der Waals surface area contributed by atoms with Crippen LogP contribution in [0.2, 0.25) is 0 Å². The van der Waals surface area contributed by atoms with E-state index in [-0.39, 0.29) is 5.92 Å². The summed E-state index contributed by atoms with van der Waals surface area (Å²) < 4.78 is 7.18. The SMILES string of the molecule is CCOC(=O)c1cnc2c(nc(C(C)C)n2C)c1NCc1ccccc1. The fourth-order valence-corrected chi connectivity index (χ4v) is 2.99. The van der Waals surface area contributed by atoms with E-state index in [1.165, 1.54) is 0 Å². The van der Waals surface area contributed by atoms with E-state index >= 15 is 0 Å². The molecule has 3 aromatic rings. The largest absolute Gasteiger partial charge is 0.462 e. The van der Waals surface area contributed by atoms with Crippen molar-refractivity contribution in [2.24, 2.45) is 7.05 Å². The molecule has 0 saturated heterocycles. The number of nitrogens with zero attached hydrogens (tertiary/aromatic N) is 3. The molecule has 1 aromatic carbocycles. The van der Waals surface area contributed by atoms with Gasteiger partial charge in [-0.2, -0.15) is 0 Å². The van der Waals surface area contributed by atoms with Crippen LogP contribution in [0.4, 0.5) is 5.69 Å². The third kappa shape index (κ3) is 3.40. The van der Waals surface area contributed by atoms with Gasteiger partial charge in [-0.25, -0.2) is 14.8 Å². The van der Waals surface area contributed by atoms with Crippen molar-refractivity contribution in [3.63, 3.8) is 0 Å². The number of fused-ring (bicyclic) bond motifs is 1. The topological polar surface area (TPSA) is 69.0 Å². The zero-order valence-corrected chi connectivity index (χ0v) is 15.6. The number of ether oxygens (including phenoxy) is 1. The summed E-state index contributed by atoms with van der Waals surface area (Å²) >= 11 is 0. The summed E-state index contributed by atoms with van der Waals surface area (Å²) in [6, 6.07) is 10.0. The molecular formula is C20H24N4O2. The minimum absolute atomic E-state index is 0.252. The predicted molar refractivity (Wildman–Crippen MR) is 102 cm³/mol. The van der Waals surface area contributed by atoms with Gasteiger partial charge in [0, 0.05) is 25.7 Å². The molecule has 0 aliphatic heterocycles. The van der Waals surface area contributed by atoms with Crippen LogP contribution in [-0.2, 0) is 18.3 Å². The van der Waals surface area contributed by atoms with Crippen molar-refractivity contribution in [3.8, 4) is 0 Å². The first-order valence-electron chi connectivity index (χ1n) is 8.83. The van der Waals surface area contributed by atoms with Crippen molar-refractivity contribution in [3.05, 3.63) is 53.5 Å². The minimum atomic E-state index is -0.394. The Morgan fingerprint density at radius 2 is 2.00 bits per heavy atom. The second-order valence-corrected chi connectivity index (χ2v) is 6.46. The van der Waals surface area contributed by atoms with Crippen LogP contribution < -0.4 is 5.32 Å². The van der Waals surface area contributed by atoms with Crippen molar-refractivity contribution in [2.45, 2.75) is 33.2 Å². The van der Waals surface area contributed by atoms with Crippen molar-refractivity contribution < 1.29 is 9.53 Å². The van der Waals surface area contributed by atoms with Gasteiger partial charge in [-0.05, 0) is 12.5 Å². The maximum atomic E-state index is 12.4. The minimum Gasteiger partial charge on any atom is -0.462 e. The van der Waals surface area contributed by atoms with E-state index in [0.29, 0.717) is 29.9 Å². The molecule has 0 aliphatic carbocycles. The highest BCUT2D eigenvalue weighted by molar-refractivity contribution is 6.03. The normalized spacial score (nSPS) is 11.1. The fraction of sp³-hybridized carbons (Fsp3) is 0.350. The Kier molecular flexibility index (Phi) is 5.21. The lowest BCUT2D eigenvalue weighted by molar-refractivity contribution is 0.0527. The molecule has 2 aromatic heterocycles. The number of nitrogens with one attached hydrogen (secondary N) is 1. The number of hydrogen-bond acceptors (Lipinski definition) is 5. The summed E-state index contributed by atoms with van der Waals surface area (Å²) in [7, 11) is 1.95. The molecule has 0 radical (unpaired) electrons. The summed E-state index contributed by atoms with van der Waals surface area (Å²) in [6.45, 7) is 6.86. The van der Waals surface area contributed by atoms with E-state index in [9.17, 15) is 4.79 Å². The number of benzene rings is 1. The summed E-state index contributed by atoms with van der Waals surface area (Å²) in [6.07, 6.45) is 1.57. The Balaban J connectivity index is 2.09. The second kappa shape index (κ2) is 7.56. The molecule has 0 bridgehead atoms. The Bertz CT molecular complexity index is 916. The molecule has 0 aliphatic rings. The van der Waals surface area contributed by atoms with Crippen molar-refractivity contribution in [1.29, 1.82) is 0 Å². The molecule has 0 spiro atoms. The molecule has 0 saturated carbocycles. The highest BCUT2D eigenvalue weighted by Crippen LogP contribution is 2.29. The molecular weight excluding hydrogens is 328 g/mol. The average Bonchev–Trinajstić information content (AvgIpc) is 2.98.